The van der Waals surface area contributed by atoms with E-state index < -0.39 is 5.91 Å². The number of hydrogen-bond donors (Lipinski definition) is 2. The summed E-state index contributed by atoms with van der Waals surface area (Å²) in [5.41, 5.74) is 12.6. The van der Waals surface area contributed by atoms with Gasteiger partial charge in [0, 0.05) is 11.6 Å². The molecule has 0 aliphatic heterocycles. The molecule has 2 rings (SSSR count). The molecule has 0 bridgehead atoms. The van der Waals surface area contributed by atoms with E-state index in [-0.39, 0.29) is 12.1 Å². The zero-order chi connectivity index (χ0) is 12.3. The summed E-state index contributed by atoms with van der Waals surface area (Å²) in [7, 11) is 0. The highest BCUT2D eigenvalue weighted by Crippen LogP contribution is 2.22. The van der Waals surface area contributed by atoms with Crippen LogP contribution in [0.1, 0.15) is 35.2 Å². The number of rotatable bonds is 4. The van der Waals surface area contributed by atoms with Crippen LogP contribution in [0.5, 0.6) is 0 Å². The first-order chi connectivity index (χ1) is 8.18. The highest BCUT2D eigenvalue weighted by atomic mass is 16.5. The lowest BCUT2D eigenvalue weighted by atomic mass is 10.1. The molecule has 1 amide bonds. The summed E-state index contributed by atoms with van der Waals surface area (Å²) in [5, 5.41) is 0. The number of carbonyl (C=O) groups is 1. The fraction of sp³-hybridized carbons (Fsp3) is 0.462. The summed E-state index contributed by atoms with van der Waals surface area (Å²) in [6.45, 7) is 0.400. The molecular weight excluding hydrogens is 216 g/mol. The SMILES string of the molecule is NC(=O)c1ccccc1COC1CCCC1N. The molecule has 0 spiro atoms. The molecule has 1 aliphatic carbocycles. The van der Waals surface area contributed by atoms with Gasteiger partial charge in [0.05, 0.1) is 12.7 Å². The van der Waals surface area contributed by atoms with Gasteiger partial charge in [-0.25, -0.2) is 0 Å². The second kappa shape index (κ2) is 5.29. The maximum absolute atomic E-state index is 11.2. The van der Waals surface area contributed by atoms with E-state index in [1.54, 1.807) is 12.1 Å². The average molecular weight is 234 g/mol. The van der Waals surface area contributed by atoms with Crippen molar-refractivity contribution in [2.45, 2.75) is 38.0 Å². The maximum atomic E-state index is 11.2. The first-order valence-electron chi connectivity index (χ1n) is 5.93. The minimum Gasteiger partial charge on any atom is -0.372 e. The zero-order valence-corrected chi connectivity index (χ0v) is 9.76. The van der Waals surface area contributed by atoms with Crippen LogP contribution in [-0.4, -0.2) is 18.1 Å². The Hall–Kier alpha value is -1.39. The van der Waals surface area contributed by atoms with E-state index in [1.165, 1.54) is 0 Å². The van der Waals surface area contributed by atoms with Crippen molar-refractivity contribution >= 4 is 5.91 Å². The number of ether oxygens (including phenoxy) is 1. The summed E-state index contributed by atoms with van der Waals surface area (Å²) in [6.07, 6.45) is 3.24. The molecule has 1 saturated carbocycles. The number of benzene rings is 1. The van der Waals surface area contributed by atoms with Crippen LogP contribution in [0.15, 0.2) is 24.3 Å². The van der Waals surface area contributed by atoms with Crippen LogP contribution >= 0.6 is 0 Å². The number of carbonyl (C=O) groups excluding carboxylic acids is 1. The standard InChI is InChI=1S/C13H18N2O2/c14-11-6-3-7-12(11)17-8-9-4-1-2-5-10(9)13(15)16/h1-2,4-5,11-12H,3,6-8,14H2,(H2,15,16). The monoisotopic (exact) mass is 234 g/mol. The molecule has 4 heteroatoms. The molecule has 2 atom stereocenters. The van der Waals surface area contributed by atoms with E-state index in [2.05, 4.69) is 0 Å². The van der Waals surface area contributed by atoms with Gasteiger partial charge in [0.25, 0.3) is 0 Å². The molecular formula is C13H18N2O2. The van der Waals surface area contributed by atoms with Gasteiger partial charge in [0.15, 0.2) is 0 Å². The van der Waals surface area contributed by atoms with Gasteiger partial charge in [-0.1, -0.05) is 18.2 Å². The molecule has 0 radical (unpaired) electrons. The fourth-order valence-electron chi connectivity index (χ4n) is 2.25. The normalized spacial score (nSPS) is 23.8. The van der Waals surface area contributed by atoms with E-state index in [4.69, 9.17) is 16.2 Å². The predicted molar refractivity (Wildman–Crippen MR) is 65.4 cm³/mol. The summed E-state index contributed by atoms with van der Waals surface area (Å²) < 4.78 is 5.76. The van der Waals surface area contributed by atoms with Crippen LogP contribution < -0.4 is 11.5 Å². The van der Waals surface area contributed by atoms with Crippen LogP contribution in [0.25, 0.3) is 0 Å². The first-order valence-corrected chi connectivity index (χ1v) is 5.93. The number of primary amides is 1. The molecule has 4 nitrogen and oxygen atoms in total. The molecule has 0 aromatic heterocycles. The summed E-state index contributed by atoms with van der Waals surface area (Å²) in [5.74, 6) is -0.417. The topological polar surface area (TPSA) is 78.3 Å². The van der Waals surface area contributed by atoms with Crippen molar-refractivity contribution in [1.82, 2.24) is 0 Å². The third-order valence-electron chi connectivity index (χ3n) is 3.24. The van der Waals surface area contributed by atoms with Crippen LogP contribution in [-0.2, 0) is 11.3 Å². The molecule has 2 unspecified atom stereocenters. The van der Waals surface area contributed by atoms with Crippen molar-refractivity contribution in [1.29, 1.82) is 0 Å². The van der Waals surface area contributed by atoms with Crippen molar-refractivity contribution in [3.63, 3.8) is 0 Å². The number of hydrogen-bond acceptors (Lipinski definition) is 3. The van der Waals surface area contributed by atoms with Gasteiger partial charge in [-0.2, -0.15) is 0 Å². The molecule has 0 heterocycles. The third kappa shape index (κ3) is 2.84. The predicted octanol–water partition coefficient (Wildman–Crippen LogP) is 1.18. The lowest BCUT2D eigenvalue weighted by Crippen LogP contribution is -2.31. The molecule has 4 N–H and O–H groups in total. The Balaban J connectivity index is 2.01. The molecule has 1 fully saturated rings. The molecule has 0 saturated heterocycles. The van der Waals surface area contributed by atoms with Crippen LogP contribution in [0.4, 0.5) is 0 Å². The van der Waals surface area contributed by atoms with E-state index in [1.807, 2.05) is 12.1 Å². The van der Waals surface area contributed by atoms with Crippen molar-refractivity contribution in [3.05, 3.63) is 35.4 Å². The Morgan fingerprint density at radius 2 is 2.12 bits per heavy atom. The lowest BCUT2D eigenvalue weighted by molar-refractivity contribution is 0.0353. The van der Waals surface area contributed by atoms with E-state index >= 15 is 0 Å². The molecule has 1 aliphatic rings. The average Bonchev–Trinajstić information content (AvgIpc) is 2.72. The second-order valence-corrected chi connectivity index (χ2v) is 4.47. The fourth-order valence-corrected chi connectivity index (χ4v) is 2.25. The Kier molecular flexibility index (Phi) is 3.76. The lowest BCUT2D eigenvalue weighted by Gasteiger charge is -2.17. The first kappa shape index (κ1) is 12.1. The van der Waals surface area contributed by atoms with Gasteiger partial charge in [0.1, 0.15) is 0 Å². The van der Waals surface area contributed by atoms with Crippen molar-refractivity contribution in [3.8, 4) is 0 Å². The highest BCUT2D eigenvalue weighted by Gasteiger charge is 2.24. The van der Waals surface area contributed by atoms with E-state index in [0.717, 1.165) is 24.8 Å². The third-order valence-corrected chi connectivity index (χ3v) is 3.24. The quantitative estimate of drug-likeness (QED) is 0.821. The van der Waals surface area contributed by atoms with Gasteiger partial charge in [-0.15, -0.1) is 0 Å². The summed E-state index contributed by atoms with van der Waals surface area (Å²) in [6, 6.07) is 7.37. The van der Waals surface area contributed by atoms with Crippen LogP contribution in [0.2, 0.25) is 0 Å². The second-order valence-electron chi connectivity index (χ2n) is 4.47. The van der Waals surface area contributed by atoms with Gasteiger partial charge < -0.3 is 16.2 Å². The number of amides is 1. The van der Waals surface area contributed by atoms with Gasteiger partial charge >= 0.3 is 0 Å². The van der Waals surface area contributed by atoms with Crippen LogP contribution in [0, 0.1) is 0 Å². The summed E-state index contributed by atoms with van der Waals surface area (Å²) in [4.78, 5) is 11.2. The van der Waals surface area contributed by atoms with E-state index in [0.29, 0.717) is 12.2 Å². The van der Waals surface area contributed by atoms with Crippen LogP contribution in [0.3, 0.4) is 0 Å². The Bertz CT molecular complexity index is 406. The molecule has 92 valence electrons. The smallest absolute Gasteiger partial charge is 0.249 e. The van der Waals surface area contributed by atoms with Gasteiger partial charge in [-0.05, 0) is 30.9 Å². The zero-order valence-electron chi connectivity index (χ0n) is 9.76. The van der Waals surface area contributed by atoms with E-state index in [9.17, 15) is 4.79 Å². The van der Waals surface area contributed by atoms with Gasteiger partial charge in [0.2, 0.25) is 5.91 Å². The Morgan fingerprint density at radius 1 is 1.35 bits per heavy atom. The number of nitrogens with two attached hydrogens (primary N) is 2. The Morgan fingerprint density at radius 3 is 2.76 bits per heavy atom. The maximum Gasteiger partial charge on any atom is 0.249 e. The van der Waals surface area contributed by atoms with Crippen molar-refractivity contribution in [2.75, 3.05) is 0 Å². The minimum atomic E-state index is -0.417. The largest absolute Gasteiger partial charge is 0.372 e. The minimum absolute atomic E-state index is 0.107. The summed E-state index contributed by atoms with van der Waals surface area (Å²) >= 11 is 0. The van der Waals surface area contributed by atoms with Gasteiger partial charge in [-0.3, -0.25) is 4.79 Å². The Labute approximate surface area is 101 Å². The van der Waals surface area contributed by atoms with Crippen molar-refractivity contribution in [2.24, 2.45) is 11.5 Å². The molecule has 1 aromatic rings. The molecule has 17 heavy (non-hydrogen) atoms. The molecule has 1 aromatic carbocycles. The van der Waals surface area contributed by atoms with Crippen molar-refractivity contribution < 1.29 is 9.53 Å². The highest BCUT2D eigenvalue weighted by molar-refractivity contribution is 5.94.